The molecular weight excluding hydrogens is 150 g/mol. The highest BCUT2D eigenvalue weighted by Crippen LogP contribution is 2.44. The first-order valence-electron chi connectivity index (χ1n) is 3.96. The first kappa shape index (κ1) is 7.43. The SMILES string of the molecule is FC1(F)CNCC12CCNC2. The molecule has 4 heteroatoms. The second-order valence-electron chi connectivity index (χ2n) is 3.52. The van der Waals surface area contributed by atoms with Crippen molar-refractivity contribution in [1.82, 2.24) is 10.6 Å². The van der Waals surface area contributed by atoms with Crippen LogP contribution in [0.15, 0.2) is 0 Å². The maximum absolute atomic E-state index is 13.2. The van der Waals surface area contributed by atoms with Crippen molar-refractivity contribution in [3.05, 3.63) is 0 Å². The summed E-state index contributed by atoms with van der Waals surface area (Å²) in [5.74, 6) is -2.50. The third-order valence-corrected chi connectivity index (χ3v) is 2.83. The summed E-state index contributed by atoms with van der Waals surface area (Å²) in [4.78, 5) is 0. The van der Waals surface area contributed by atoms with Crippen LogP contribution < -0.4 is 10.6 Å². The quantitative estimate of drug-likeness (QED) is 0.532. The molecular formula is C7H12F2N2. The molecule has 2 aliphatic rings. The molecule has 2 saturated heterocycles. The highest BCUT2D eigenvalue weighted by Gasteiger charge is 2.57. The summed E-state index contributed by atoms with van der Waals surface area (Å²) in [5.41, 5.74) is -0.771. The van der Waals surface area contributed by atoms with Crippen LogP contribution in [0.3, 0.4) is 0 Å². The zero-order valence-corrected chi connectivity index (χ0v) is 6.29. The molecule has 2 N–H and O–H groups in total. The summed E-state index contributed by atoms with van der Waals surface area (Å²) >= 11 is 0. The lowest BCUT2D eigenvalue weighted by Gasteiger charge is -2.28. The second kappa shape index (κ2) is 2.14. The van der Waals surface area contributed by atoms with Crippen molar-refractivity contribution in [3.8, 4) is 0 Å². The molecule has 2 fully saturated rings. The molecule has 0 aliphatic carbocycles. The average Bonchev–Trinajstić information content (AvgIpc) is 2.45. The maximum Gasteiger partial charge on any atom is 0.268 e. The van der Waals surface area contributed by atoms with Crippen LogP contribution in [0.5, 0.6) is 0 Å². The topological polar surface area (TPSA) is 24.1 Å². The van der Waals surface area contributed by atoms with Crippen LogP contribution in [0.1, 0.15) is 6.42 Å². The third-order valence-electron chi connectivity index (χ3n) is 2.83. The average molecular weight is 162 g/mol. The molecule has 11 heavy (non-hydrogen) atoms. The van der Waals surface area contributed by atoms with E-state index < -0.39 is 11.3 Å². The minimum atomic E-state index is -2.50. The van der Waals surface area contributed by atoms with E-state index in [1.165, 1.54) is 0 Å². The zero-order valence-electron chi connectivity index (χ0n) is 6.29. The minimum absolute atomic E-state index is 0.144. The van der Waals surface area contributed by atoms with Crippen molar-refractivity contribution in [2.75, 3.05) is 26.2 Å². The maximum atomic E-state index is 13.2. The Morgan fingerprint density at radius 3 is 2.18 bits per heavy atom. The Hall–Kier alpha value is -0.220. The van der Waals surface area contributed by atoms with E-state index >= 15 is 0 Å². The van der Waals surface area contributed by atoms with Gasteiger partial charge in [0, 0.05) is 13.1 Å². The van der Waals surface area contributed by atoms with Gasteiger partial charge >= 0.3 is 0 Å². The molecule has 0 radical (unpaired) electrons. The van der Waals surface area contributed by atoms with Gasteiger partial charge in [-0.05, 0) is 13.0 Å². The Kier molecular flexibility index (Phi) is 1.44. The fourth-order valence-corrected chi connectivity index (χ4v) is 1.98. The van der Waals surface area contributed by atoms with E-state index in [9.17, 15) is 8.78 Å². The molecule has 2 nitrogen and oxygen atoms in total. The molecule has 2 rings (SSSR count). The number of alkyl halides is 2. The molecule has 1 spiro atoms. The van der Waals surface area contributed by atoms with Crippen molar-refractivity contribution in [2.24, 2.45) is 5.41 Å². The Bertz CT molecular complexity index is 158. The number of nitrogens with one attached hydrogen (secondary N) is 2. The lowest BCUT2D eigenvalue weighted by molar-refractivity contribution is -0.0729. The highest BCUT2D eigenvalue weighted by atomic mass is 19.3. The Labute approximate surface area is 64.3 Å². The van der Waals surface area contributed by atoms with Crippen molar-refractivity contribution in [1.29, 1.82) is 0 Å². The Morgan fingerprint density at radius 2 is 1.73 bits per heavy atom. The number of halogens is 2. The minimum Gasteiger partial charge on any atom is -0.316 e. The molecule has 0 amide bonds. The Balaban J connectivity index is 2.22. The summed E-state index contributed by atoms with van der Waals surface area (Å²) in [6.07, 6.45) is 0.604. The first-order chi connectivity index (χ1) is 5.16. The van der Waals surface area contributed by atoms with E-state index in [0.29, 0.717) is 19.5 Å². The lowest BCUT2D eigenvalue weighted by atomic mass is 9.83. The molecule has 64 valence electrons. The molecule has 0 saturated carbocycles. The molecule has 2 aliphatic heterocycles. The molecule has 0 aromatic rings. The molecule has 0 aromatic carbocycles. The van der Waals surface area contributed by atoms with Crippen molar-refractivity contribution >= 4 is 0 Å². The zero-order chi connectivity index (χ0) is 7.95. The summed E-state index contributed by atoms with van der Waals surface area (Å²) in [7, 11) is 0. The van der Waals surface area contributed by atoms with Gasteiger partial charge in [0.25, 0.3) is 5.92 Å². The van der Waals surface area contributed by atoms with E-state index in [1.807, 2.05) is 0 Å². The molecule has 1 atom stereocenters. The fourth-order valence-electron chi connectivity index (χ4n) is 1.98. The van der Waals surface area contributed by atoms with Crippen LogP contribution in [0, 0.1) is 5.41 Å². The van der Waals surface area contributed by atoms with E-state index in [1.54, 1.807) is 0 Å². The largest absolute Gasteiger partial charge is 0.316 e. The first-order valence-corrected chi connectivity index (χ1v) is 3.96. The normalized spacial score (nSPS) is 42.0. The van der Waals surface area contributed by atoms with E-state index in [4.69, 9.17) is 0 Å². The van der Waals surface area contributed by atoms with Gasteiger partial charge in [-0.1, -0.05) is 0 Å². The summed E-state index contributed by atoms with van der Waals surface area (Å²) in [5, 5.41) is 5.75. The van der Waals surface area contributed by atoms with Crippen molar-refractivity contribution in [2.45, 2.75) is 12.3 Å². The van der Waals surface area contributed by atoms with Crippen LogP contribution in [-0.2, 0) is 0 Å². The van der Waals surface area contributed by atoms with Gasteiger partial charge < -0.3 is 10.6 Å². The summed E-state index contributed by atoms with van der Waals surface area (Å²) in [6, 6.07) is 0. The molecule has 0 aromatic heterocycles. The van der Waals surface area contributed by atoms with Crippen LogP contribution in [0.4, 0.5) is 8.78 Å². The smallest absolute Gasteiger partial charge is 0.268 e. The number of hydrogen-bond donors (Lipinski definition) is 2. The van der Waals surface area contributed by atoms with Crippen LogP contribution in [0.25, 0.3) is 0 Å². The number of hydrogen-bond acceptors (Lipinski definition) is 2. The van der Waals surface area contributed by atoms with Crippen molar-refractivity contribution < 1.29 is 8.78 Å². The molecule has 1 unspecified atom stereocenters. The Morgan fingerprint density at radius 1 is 1.00 bits per heavy atom. The number of rotatable bonds is 0. The van der Waals surface area contributed by atoms with Gasteiger partial charge in [-0.15, -0.1) is 0 Å². The summed E-state index contributed by atoms with van der Waals surface area (Å²) in [6.45, 7) is 1.52. The van der Waals surface area contributed by atoms with Gasteiger partial charge in [-0.3, -0.25) is 0 Å². The predicted molar refractivity (Wildman–Crippen MR) is 37.7 cm³/mol. The van der Waals surface area contributed by atoms with E-state index in [-0.39, 0.29) is 6.54 Å². The highest BCUT2D eigenvalue weighted by molar-refractivity contribution is 5.05. The van der Waals surface area contributed by atoms with Gasteiger partial charge in [-0.2, -0.15) is 0 Å². The third kappa shape index (κ3) is 0.891. The van der Waals surface area contributed by atoms with Gasteiger partial charge in [0.05, 0.1) is 12.0 Å². The van der Waals surface area contributed by atoms with E-state index in [2.05, 4.69) is 10.6 Å². The fraction of sp³-hybridized carbons (Fsp3) is 1.00. The summed E-state index contributed by atoms with van der Waals surface area (Å²) < 4.78 is 26.4. The molecule has 0 bridgehead atoms. The van der Waals surface area contributed by atoms with Gasteiger partial charge in [0.1, 0.15) is 0 Å². The van der Waals surface area contributed by atoms with Gasteiger partial charge in [-0.25, -0.2) is 8.78 Å². The lowest BCUT2D eigenvalue weighted by Crippen LogP contribution is -2.41. The molecule has 2 heterocycles. The van der Waals surface area contributed by atoms with Crippen LogP contribution in [-0.4, -0.2) is 32.1 Å². The predicted octanol–water partition coefficient (Wildman–Crippen LogP) is 0.205. The van der Waals surface area contributed by atoms with E-state index in [0.717, 1.165) is 6.54 Å². The van der Waals surface area contributed by atoms with Crippen LogP contribution >= 0.6 is 0 Å². The monoisotopic (exact) mass is 162 g/mol. The second-order valence-corrected chi connectivity index (χ2v) is 3.52. The van der Waals surface area contributed by atoms with Gasteiger partial charge in [0.2, 0.25) is 0 Å². The standard InChI is InChI=1S/C7H12F2N2/c8-7(9)5-11-4-6(7)1-2-10-3-6/h10-11H,1-5H2. The van der Waals surface area contributed by atoms with Crippen LogP contribution in [0.2, 0.25) is 0 Å². The van der Waals surface area contributed by atoms with Gasteiger partial charge in [0.15, 0.2) is 0 Å². The van der Waals surface area contributed by atoms with Crippen molar-refractivity contribution in [3.63, 3.8) is 0 Å².